The summed E-state index contributed by atoms with van der Waals surface area (Å²) in [5.74, 6) is 0. The van der Waals surface area contributed by atoms with Crippen molar-refractivity contribution in [1.82, 2.24) is 0 Å². The Morgan fingerprint density at radius 2 is 0.632 bits per heavy atom. The largest absolute Gasteiger partial charge is 1.00 e. The molecule has 0 aromatic carbocycles. The van der Waals surface area contributed by atoms with Gasteiger partial charge in [-0.25, -0.2) is 0 Å². The Morgan fingerprint density at radius 3 is 0.632 bits per heavy atom. The summed E-state index contributed by atoms with van der Waals surface area (Å²) >= 11 is 0. The van der Waals surface area contributed by atoms with Crippen LogP contribution in [0.4, 0.5) is 51.8 Å². The van der Waals surface area contributed by atoms with Crippen molar-refractivity contribution in [1.29, 1.82) is 5.26 Å². The van der Waals surface area contributed by atoms with Crippen molar-refractivity contribution in [2.45, 2.75) is 6.92 Å². The van der Waals surface area contributed by atoms with Gasteiger partial charge in [-0.3, -0.25) is 0 Å². The van der Waals surface area contributed by atoms with E-state index in [0.29, 0.717) is 0 Å². The molecule has 0 radical (unpaired) electrons. The van der Waals surface area contributed by atoms with E-state index in [9.17, 15) is 51.8 Å². The zero-order chi connectivity index (χ0) is 16.2. The van der Waals surface area contributed by atoms with E-state index in [0.717, 1.165) is 0 Å². The molecule has 0 aromatic heterocycles. The molecule has 114 valence electrons. The molecule has 0 saturated carbocycles. The van der Waals surface area contributed by atoms with E-state index >= 15 is 0 Å². The predicted molar refractivity (Wildman–Crippen MR) is 43.0 cm³/mol. The molecule has 0 aliphatic heterocycles. The topological polar surface area (TPSA) is 23.8 Å². The molecular weight excluding hydrogens is 338 g/mol. The van der Waals surface area contributed by atoms with Crippen LogP contribution in [0.25, 0.3) is 0 Å². The van der Waals surface area contributed by atoms with Gasteiger partial charge in [-0.05, 0) is 0 Å². The molecule has 0 aliphatic rings. The van der Waals surface area contributed by atoms with Crippen LogP contribution < -0.4 is 51.4 Å². The van der Waals surface area contributed by atoms with Crippen LogP contribution >= 0.6 is 0 Å². The molecule has 19 heavy (non-hydrogen) atoms. The van der Waals surface area contributed by atoms with Gasteiger partial charge < -0.3 is 53.2 Å². The third-order valence-corrected chi connectivity index (χ3v) is 0. The zero-order valence-electron chi connectivity index (χ0n) is 10.2. The van der Waals surface area contributed by atoms with Crippen LogP contribution in [0.3, 0.4) is 0 Å². The van der Waals surface area contributed by atoms with E-state index in [1.54, 1.807) is 6.07 Å². The molecule has 0 unspecified atom stereocenters. The SMILES string of the molecule is CC#N.F[B-](F)(F)F.F[B-](F)(F)F.F[B-](F)(F)F.[H-].[K+]. The molecular formula is C2H4B3F12KN-3. The van der Waals surface area contributed by atoms with Crippen LogP contribution in [-0.2, 0) is 0 Å². The smallest absolute Gasteiger partial charge is 1.00 e. The monoisotopic (exact) mass is 342 g/mol. The zero-order valence-corrected chi connectivity index (χ0v) is 12.3. The number of hydrogen-bond acceptors (Lipinski definition) is 1. The first kappa shape index (κ1) is 31.7. The van der Waals surface area contributed by atoms with Crippen LogP contribution in [-0.4, -0.2) is 21.8 Å². The fourth-order valence-electron chi connectivity index (χ4n) is 0. The fraction of sp³-hybridized carbons (Fsp3) is 0.500. The van der Waals surface area contributed by atoms with Gasteiger partial charge in [0.1, 0.15) is 0 Å². The van der Waals surface area contributed by atoms with Crippen LogP contribution in [0.2, 0.25) is 0 Å². The van der Waals surface area contributed by atoms with Crippen molar-refractivity contribution in [2.75, 3.05) is 0 Å². The minimum atomic E-state index is -6.00. The van der Waals surface area contributed by atoms with Crippen LogP contribution in [0.15, 0.2) is 0 Å². The minimum absolute atomic E-state index is 0. The average molecular weight is 342 g/mol. The molecule has 0 fully saturated rings. The van der Waals surface area contributed by atoms with Crippen molar-refractivity contribution < 1.29 is 105 Å². The molecule has 0 aliphatic carbocycles. The molecule has 0 saturated heterocycles. The van der Waals surface area contributed by atoms with E-state index in [4.69, 9.17) is 5.26 Å². The molecule has 0 N–H and O–H groups in total. The van der Waals surface area contributed by atoms with Crippen LogP contribution in [0.1, 0.15) is 8.35 Å². The van der Waals surface area contributed by atoms with Gasteiger partial charge in [-0.2, -0.15) is 5.26 Å². The maximum Gasteiger partial charge on any atom is 1.00 e. The van der Waals surface area contributed by atoms with E-state index in [1.807, 2.05) is 0 Å². The Labute approximate surface area is 143 Å². The molecule has 1 nitrogen and oxygen atoms in total. The van der Waals surface area contributed by atoms with Gasteiger partial charge in [0.05, 0.1) is 6.07 Å². The summed E-state index contributed by atoms with van der Waals surface area (Å²) in [5.41, 5.74) is 0. The molecule has 0 spiro atoms. The maximum absolute atomic E-state index is 9.75. The molecule has 0 bridgehead atoms. The molecule has 0 rings (SSSR count). The van der Waals surface area contributed by atoms with Gasteiger partial charge in [0.2, 0.25) is 0 Å². The summed E-state index contributed by atoms with van der Waals surface area (Å²) in [6.07, 6.45) is 0. The number of hydrogen-bond donors (Lipinski definition) is 0. The van der Waals surface area contributed by atoms with Gasteiger partial charge in [-0.1, -0.05) is 0 Å². The van der Waals surface area contributed by atoms with Crippen molar-refractivity contribution in [2.24, 2.45) is 0 Å². The van der Waals surface area contributed by atoms with Crippen molar-refractivity contribution in [3.63, 3.8) is 0 Å². The Hall–Kier alpha value is 0.481. The Kier molecular flexibility index (Phi) is 24.9. The normalized spacial score (nSPS) is 9.89. The summed E-state index contributed by atoms with van der Waals surface area (Å²) in [6.45, 7) is 1.43. The van der Waals surface area contributed by atoms with E-state index in [-0.39, 0.29) is 52.8 Å². The predicted octanol–water partition coefficient (Wildman–Crippen LogP) is 1.55. The first-order valence-corrected chi connectivity index (χ1v) is 3.34. The Bertz CT molecular complexity index is 172. The van der Waals surface area contributed by atoms with E-state index < -0.39 is 21.8 Å². The molecule has 0 amide bonds. The Balaban J connectivity index is -0.0000000321. The Morgan fingerprint density at radius 1 is 0.632 bits per heavy atom. The summed E-state index contributed by atoms with van der Waals surface area (Å²) in [7, 11) is -18.0. The second-order valence-corrected chi connectivity index (χ2v) is 1.71. The second kappa shape index (κ2) is 14.9. The van der Waals surface area contributed by atoms with Crippen molar-refractivity contribution in [3.8, 4) is 6.07 Å². The van der Waals surface area contributed by atoms with Gasteiger partial charge in [0.25, 0.3) is 0 Å². The molecule has 0 heterocycles. The van der Waals surface area contributed by atoms with Crippen LogP contribution in [0.5, 0.6) is 0 Å². The third kappa shape index (κ3) is 21700. The van der Waals surface area contributed by atoms with Gasteiger partial charge in [0.15, 0.2) is 0 Å². The maximum atomic E-state index is 9.75. The number of nitriles is 1. The first-order valence-electron chi connectivity index (χ1n) is 3.34. The molecule has 17 heteroatoms. The van der Waals surface area contributed by atoms with E-state index in [2.05, 4.69) is 0 Å². The van der Waals surface area contributed by atoms with Crippen LogP contribution in [0, 0.1) is 11.3 Å². The summed E-state index contributed by atoms with van der Waals surface area (Å²) in [4.78, 5) is 0. The number of rotatable bonds is 0. The molecule has 0 aromatic rings. The first-order chi connectivity index (χ1) is 7.41. The third-order valence-electron chi connectivity index (χ3n) is 0. The number of halogens is 12. The summed E-state index contributed by atoms with van der Waals surface area (Å²) in [5, 5.41) is 7.32. The number of nitrogens with zero attached hydrogens (tertiary/aromatic N) is 1. The molecule has 0 atom stereocenters. The van der Waals surface area contributed by atoms with Gasteiger partial charge >= 0.3 is 73.1 Å². The summed E-state index contributed by atoms with van der Waals surface area (Å²) in [6, 6.07) is 1.75. The van der Waals surface area contributed by atoms with Crippen molar-refractivity contribution >= 4 is 21.8 Å². The van der Waals surface area contributed by atoms with Gasteiger partial charge in [-0.15, -0.1) is 0 Å². The standard InChI is InChI=1S/C2H3N.3BF4.K.H/c1-2-3;3*2-1(3,4)5;;/h1H3;;;;;/q;3*-1;+1;-1. The summed E-state index contributed by atoms with van der Waals surface area (Å²) < 4.78 is 117. The minimum Gasteiger partial charge on any atom is -1.00 e. The second-order valence-electron chi connectivity index (χ2n) is 1.71. The quantitative estimate of drug-likeness (QED) is 0.484. The van der Waals surface area contributed by atoms with Crippen molar-refractivity contribution in [3.05, 3.63) is 0 Å². The fourth-order valence-corrected chi connectivity index (χ4v) is 0. The van der Waals surface area contributed by atoms with E-state index in [1.165, 1.54) is 6.92 Å². The average Bonchev–Trinajstić information content (AvgIpc) is 1.71. The van der Waals surface area contributed by atoms with Gasteiger partial charge in [0, 0.05) is 6.92 Å².